The lowest BCUT2D eigenvalue weighted by Gasteiger charge is -2.32. The van der Waals surface area contributed by atoms with Crippen molar-refractivity contribution in [2.24, 2.45) is 5.73 Å². The fourth-order valence-electron chi connectivity index (χ4n) is 2.42. The molecule has 1 aromatic carbocycles. The molecule has 4 heteroatoms. The van der Waals surface area contributed by atoms with Gasteiger partial charge in [0.05, 0.1) is 6.04 Å². The molecule has 0 amide bonds. The zero-order valence-electron chi connectivity index (χ0n) is 10.3. The van der Waals surface area contributed by atoms with Crippen LogP contribution in [0, 0.1) is 0 Å². The molecule has 17 heavy (non-hydrogen) atoms. The molecule has 1 heterocycles. The summed E-state index contributed by atoms with van der Waals surface area (Å²) in [4.78, 5) is 4.81. The highest BCUT2D eigenvalue weighted by atomic mass is 79.9. The normalized spacial score (nSPS) is 22.5. The van der Waals surface area contributed by atoms with E-state index >= 15 is 0 Å². The Morgan fingerprint density at radius 2 is 2.00 bits per heavy atom. The molecule has 1 atom stereocenters. The third kappa shape index (κ3) is 3.21. The summed E-state index contributed by atoms with van der Waals surface area (Å²) in [6.45, 7) is 4.00. The standard InChI is InChI=1S/C13H20BrN3/c1-16-7-2-8-17(13(9-15)10-16)12-5-3-11(14)4-6-12/h3-6,13H,2,7-10,15H2,1H3. The third-order valence-electron chi connectivity index (χ3n) is 3.33. The Bertz CT molecular complexity index is 352. The number of hydrogen-bond acceptors (Lipinski definition) is 3. The van der Waals surface area contributed by atoms with Gasteiger partial charge in [0, 0.05) is 29.8 Å². The van der Waals surface area contributed by atoms with Gasteiger partial charge in [0.2, 0.25) is 0 Å². The summed E-state index contributed by atoms with van der Waals surface area (Å²) >= 11 is 3.48. The highest BCUT2D eigenvalue weighted by molar-refractivity contribution is 9.10. The lowest BCUT2D eigenvalue weighted by molar-refractivity contribution is 0.332. The van der Waals surface area contributed by atoms with Gasteiger partial charge in [-0.05, 0) is 44.3 Å². The molecule has 2 rings (SSSR count). The van der Waals surface area contributed by atoms with Crippen LogP contribution >= 0.6 is 15.9 Å². The number of nitrogens with two attached hydrogens (primary N) is 1. The van der Waals surface area contributed by atoms with Crippen molar-refractivity contribution in [2.75, 3.05) is 38.1 Å². The second kappa shape index (κ2) is 5.85. The average Bonchev–Trinajstić information content (AvgIpc) is 2.52. The Kier molecular flexibility index (Phi) is 4.42. The summed E-state index contributed by atoms with van der Waals surface area (Å²) in [5.74, 6) is 0. The van der Waals surface area contributed by atoms with Crippen LogP contribution in [0.2, 0.25) is 0 Å². The second-order valence-electron chi connectivity index (χ2n) is 4.68. The van der Waals surface area contributed by atoms with Crippen LogP contribution in [0.5, 0.6) is 0 Å². The maximum absolute atomic E-state index is 5.91. The Labute approximate surface area is 112 Å². The molecule has 1 saturated heterocycles. The molecule has 0 radical (unpaired) electrons. The van der Waals surface area contributed by atoms with Crippen LogP contribution in [0.15, 0.2) is 28.7 Å². The molecule has 0 aromatic heterocycles. The van der Waals surface area contributed by atoms with Crippen LogP contribution < -0.4 is 10.6 Å². The number of halogens is 1. The van der Waals surface area contributed by atoms with E-state index in [4.69, 9.17) is 5.73 Å². The predicted octanol–water partition coefficient (Wildman–Crippen LogP) is 1.92. The number of nitrogens with zero attached hydrogens (tertiary/aromatic N) is 2. The van der Waals surface area contributed by atoms with Crippen molar-refractivity contribution < 1.29 is 0 Å². The largest absolute Gasteiger partial charge is 0.366 e. The number of rotatable bonds is 2. The molecule has 0 bridgehead atoms. The fourth-order valence-corrected chi connectivity index (χ4v) is 2.68. The Balaban J connectivity index is 2.19. The molecule has 2 N–H and O–H groups in total. The summed E-state index contributed by atoms with van der Waals surface area (Å²) in [5, 5.41) is 0. The van der Waals surface area contributed by atoms with Gasteiger partial charge < -0.3 is 15.5 Å². The van der Waals surface area contributed by atoms with Crippen molar-refractivity contribution in [3.63, 3.8) is 0 Å². The molecule has 1 fully saturated rings. The van der Waals surface area contributed by atoms with Crippen molar-refractivity contribution in [1.29, 1.82) is 0 Å². The van der Waals surface area contributed by atoms with E-state index in [2.05, 4.69) is 57.0 Å². The van der Waals surface area contributed by atoms with Crippen molar-refractivity contribution in [2.45, 2.75) is 12.5 Å². The van der Waals surface area contributed by atoms with E-state index in [0.29, 0.717) is 12.6 Å². The molecule has 1 aliphatic heterocycles. The summed E-state index contributed by atoms with van der Waals surface area (Å²) in [7, 11) is 2.17. The Morgan fingerprint density at radius 3 is 2.65 bits per heavy atom. The van der Waals surface area contributed by atoms with Gasteiger partial charge in [-0.1, -0.05) is 15.9 Å². The minimum Gasteiger partial charge on any atom is -0.366 e. The minimum atomic E-state index is 0.420. The van der Waals surface area contributed by atoms with E-state index in [-0.39, 0.29) is 0 Å². The number of hydrogen-bond donors (Lipinski definition) is 1. The molecule has 94 valence electrons. The van der Waals surface area contributed by atoms with Crippen molar-refractivity contribution in [3.8, 4) is 0 Å². The number of anilines is 1. The van der Waals surface area contributed by atoms with Crippen LogP contribution in [-0.4, -0.2) is 44.2 Å². The Hall–Kier alpha value is -0.580. The van der Waals surface area contributed by atoms with Gasteiger partial charge >= 0.3 is 0 Å². The molecule has 3 nitrogen and oxygen atoms in total. The maximum atomic E-state index is 5.91. The van der Waals surface area contributed by atoms with Gasteiger partial charge in [0.25, 0.3) is 0 Å². The summed E-state index contributed by atoms with van der Waals surface area (Å²) in [5.41, 5.74) is 7.19. The predicted molar refractivity (Wildman–Crippen MR) is 76.4 cm³/mol. The molecule has 0 spiro atoms. The van der Waals surface area contributed by atoms with Crippen molar-refractivity contribution >= 4 is 21.6 Å². The first kappa shape index (κ1) is 12.9. The first-order valence-corrected chi connectivity index (χ1v) is 6.91. The molecule has 0 aliphatic carbocycles. The van der Waals surface area contributed by atoms with Gasteiger partial charge in [0.1, 0.15) is 0 Å². The average molecular weight is 298 g/mol. The lowest BCUT2D eigenvalue weighted by Crippen LogP contribution is -2.45. The van der Waals surface area contributed by atoms with Crippen LogP contribution in [0.4, 0.5) is 5.69 Å². The van der Waals surface area contributed by atoms with Gasteiger partial charge in [-0.25, -0.2) is 0 Å². The number of likely N-dealkylation sites (N-methyl/N-ethyl adjacent to an activating group) is 1. The molecular weight excluding hydrogens is 278 g/mol. The molecule has 0 saturated carbocycles. The third-order valence-corrected chi connectivity index (χ3v) is 3.86. The summed E-state index contributed by atoms with van der Waals surface area (Å²) < 4.78 is 1.12. The van der Waals surface area contributed by atoms with Crippen LogP contribution in [-0.2, 0) is 0 Å². The van der Waals surface area contributed by atoms with E-state index in [1.807, 2.05) is 0 Å². The molecule has 1 unspecified atom stereocenters. The zero-order chi connectivity index (χ0) is 12.3. The first-order valence-electron chi connectivity index (χ1n) is 6.11. The highest BCUT2D eigenvalue weighted by Gasteiger charge is 2.22. The smallest absolute Gasteiger partial charge is 0.0539 e. The SMILES string of the molecule is CN1CCCN(c2ccc(Br)cc2)C(CN)C1. The van der Waals surface area contributed by atoms with Gasteiger partial charge in [0.15, 0.2) is 0 Å². The van der Waals surface area contributed by atoms with E-state index in [9.17, 15) is 0 Å². The van der Waals surface area contributed by atoms with Crippen molar-refractivity contribution in [3.05, 3.63) is 28.7 Å². The first-order chi connectivity index (χ1) is 8.20. The van der Waals surface area contributed by atoms with E-state index in [1.54, 1.807) is 0 Å². The monoisotopic (exact) mass is 297 g/mol. The van der Waals surface area contributed by atoms with Gasteiger partial charge in [-0.15, -0.1) is 0 Å². The quantitative estimate of drug-likeness (QED) is 0.905. The summed E-state index contributed by atoms with van der Waals surface area (Å²) in [6.07, 6.45) is 1.20. The van der Waals surface area contributed by atoms with E-state index < -0.39 is 0 Å². The summed E-state index contributed by atoms with van der Waals surface area (Å²) in [6, 6.07) is 8.94. The second-order valence-corrected chi connectivity index (χ2v) is 5.59. The van der Waals surface area contributed by atoms with E-state index in [1.165, 1.54) is 12.1 Å². The van der Waals surface area contributed by atoms with Crippen molar-refractivity contribution in [1.82, 2.24) is 4.90 Å². The topological polar surface area (TPSA) is 32.5 Å². The lowest BCUT2D eigenvalue weighted by atomic mass is 10.2. The van der Waals surface area contributed by atoms with Crippen LogP contribution in [0.25, 0.3) is 0 Å². The maximum Gasteiger partial charge on any atom is 0.0539 e. The molecule has 1 aliphatic rings. The minimum absolute atomic E-state index is 0.420. The van der Waals surface area contributed by atoms with Gasteiger partial charge in [-0.3, -0.25) is 0 Å². The molecule has 1 aromatic rings. The van der Waals surface area contributed by atoms with Gasteiger partial charge in [-0.2, -0.15) is 0 Å². The number of benzene rings is 1. The highest BCUT2D eigenvalue weighted by Crippen LogP contribution is 2.22. The Morgan fingerprint density at radius 1 is 1.29 bits per heavy atom. The fraction of sp³-hybridized carbons (Fsp3) is 0.538. The van der Waals surface area contributed by atoms with E-state index in [0.717, 1.165) is 24.1 Å². The zero-order valence-corrected chi connectivity index (χ0v) is 11.9. The van der Waals surface area contributed by atoms with Crippen LogP contribution in [0.3, 0.4) is 0 Å². The molecular formula is C13H20BrN3. The van der Waals surface area contributed by atoms with Crippen LogP contribution in [0.1, 0.15) is 6.42 Å².